The van der Waals surface area contributed by atoms with Crippen LogP contribution in [0.4, 0.5) is 13.2 Å². The maximum atomic E-state index is 15.2. The number of rotatable bonds is 9. The molecule has 1 aliphatic carbocycles. The van der Waals surface area contributed by atoms with Gasteiger partial charge in [-0.25, -0.2) is 13.2 Å². The molecule has 0 aliphatic heterocycles. The summed E-state index contributed by atoms with van der Waals surface area (Å²) in [6.07, 6.45) is 14.4. The van der Waals surface area contributed by atoms with Crippen molar-refractivity contribution in [2.75, 3.05) is 0 Å². The number of aryl methyl sites for hydroxylation is 1. The molecule has 0 nitrogen and oxygen atoms in total. The first kappa shape index (κ1) is 25.1. The minimum absolute atomic E-state index is 0.142. The number of halogens is 4. The summed E-state index contributed by atoms with van der Waals surface area (Å²) in [5.74, 6) is -0.540. The monoisotopic (exact) mass is 486 g/mol. The van der Waals surface area contributed by atoms with E-state index in [0.717, 1.165) is 35.8 Å². The van der Waals surface area contributed by atoms with Crippen LogP contribution in [0.15, 0.2) is 42.5 Å². The van der Waals surface area contributed by atoms with Crippen molar-refractivity contribution in [2.24, 2.45) is 11.8 Å². The van der Waals surface area contributed by atoms with Crippen molar-refractivity contribution < 1.29 is 13.2 Å². The van der Waals surface area contributed by atoms with Crippen LogP contribution in [0.5, 0.6) is 0 Å². The predicted octanol–water partition coefficient (Wildman–Crippen LogP) is 10.3. The highest BCUT2D eigenvalue weighted by Crippen LogP contribution is 2.35. The third kappa shape index (κ3) is 5.97. The molecule has 4 heteroatoms. The first-order chi connectivity index (χ1) is 16.5. The van der Waals surface area contributed by atoms with Crippen molar-refractivity contribution in [3.8, 4) is 11.1 Å². The van der Waals surface area contributed by atoms with E-state index in [9.17, 15) is 8.78 Å². The van der Waals surface area contributed by atoms with Crippen LogP contribution in [0.25, 0.3) is 21.9 Å². The van der Waals surface area contributed by atoms with Gasteiger partial charge in [-0.15, -0.1) is 0 Å². The van der Waals surface area contributed by atoms with Crippen LogP contribution >= 0.6 is 11.6 Å². The summed E-state index contributed by atoms with van der Waals surface area (Å²) in [6, 6.07) is 11.4. The van der Waals surface area contributed by atoms with Gasteiger partial charge >= 0.3 is 0 Å². The zero-order valence-corrected chi connectivity index (χ0v) is 20.7. The molecule has 0 spiro atoms. The van der Waals surface area contributed by atoms with Crippen LogP contribution < -0.4 is 0 Å². The maximum Gasteiger partial charge on any atom is 0.145 e. The second-order valence-corrected chi connectivity index (χ2v) is 10.4. The summed E-state index contributed by atoms with van der Waals surface area (Å²) >= 11 is 5.57. The van der Waals surface area contributed by atoms with E-state index in [0.29, 0.717) is 5.39 Å². The molecule has 0 N–H and O–H groups in total. The van der Waals surface area contributed by atoms with Crippen molar-refractivity contribution in [1.82, 2.24) is 0 Å². The number of unbranched alkanes of at least 4 members (excludes halogenated alkanes) is 3. The third-order valence-electron chi connectivity index (χ3n) is 7.59. The number of hydrogen-bond donors (Lipinski definition) is 0. The topological polar surface area (TPSA) is 0 Å². The summed E-state index contributed by atoms with van der Waals surface area (Å²) in [5, 5.41) is 0.695. The number of hydrogen-bond acceptors (Lipinski definition) is 0. The van der Waals surface area contributed by atoms with E-state index in [1.807, 2.05) is 18.2 Å². The van der Waals surface area contributed by atoms with E-state index in [4.69, 9.17) is 11.6 Å². The summed E-state index contributed by atoms with van der Waals surface area (Å²) in [7, 11) is 0. The van der Waals surface area contributed by atoms with Crippen molar-refractivity contribution in [1.29, 1.82) is 0 Å². The zero-order valence-electron chi connectivity index (χ0n) is 20.0. The molecule has 1 saturated carbocycles. The van der Waals surface area contributed by atoms with E-state index in [-0.39, 0.29) is 11.1 Å². The summed E-state index contributed by atoms with van der Waals surface area (Å²) in [5.41, 5.74) is 1.52. The molecule has 1 fully saturated rings. The van der Waals surface area contributed by atoms with Crippen LogP contribution in [-0.2, 0) is 6.42 Å². The van der Waals surface area contributed by atoms with Gasteiger partial charge in [0.2, 0.25) is 0 Å². The van der Waals surface area contributed by atoms with Gasteiger partial charge in [-0.3, -0.25) is 0 Å². The molecule has 182 valence electrons. The van der Waals surface area contributed by atoms with Gasteiger partial charge in [-0.2, -0.15) is 0 Å². The van der Waals surface area contributed by atoms with Crippen LogP contribution in [0.2, 0.25) is 5.02 Å². The molecule has 3 aromatic carbocycles. The Bertz CT molecular complexity index is 1090. The largest absolute Gasteiger partial charge is 0.206 e. The fraction of sp³-hybridized carbons (Fsp3) is 0.467. The normalized spacial score (nSPS) is 18.5. The molecule has 0 unspecified atom stereocenters. The molecule has 0 heterocycles. The Morgan fingerprint density at radius 2 is 1.47 bits per heavy atom. The van der Waals surface area contributed by atoms with Gasteiger partial charge in [0.1, 0.15) is 22.5 Å². The average molecular weight is 487 g/mol. The lowest BCUT2D eigenvalue weighted by molar-refractivity contribution is 0.249. The molecule has 1 aliphatic rings. The molecular formula is C30H34ClF3. The molecule has 0 radical (unpaired) electrons. The molecule has 0 amide bonds. The van der Waals surface area contributed by atoms with Gasteiger partial charge in [0, 0.05) is 10.9 Å². The standard InChI is InChI=1S/C30H34ClF3/c1-2-3-4-5-6-20-7-9-21(10-8-20)11-12-22-13-15-25-23(17-22)14-16-26(30(25)34)24-18-27(32)29(31)28(33)19-24/h13-21H,2-12H2,1H3/t20-,21-. The Hall–Kier alpha value is -2.00. The van der Waals surface area contributed by atoms with Gasteiger partial charge in [0.25, 0.3) is 0 Å². The molecule has 0 bridgehead atoms. The summed E-state index contributed by atoms with van der Waals surface area (Å²) in [6.45, 7) is 2.26. The van der Waals surface area contributed by atoms with Crippen LogP contribution in [0.3, 0.4) is 0 Å². The molecule has 3 aromatic rings. The summed E-state index contributed by atoms with van der Waals surface area (Å²) in [4.78, 5) is 0. The number of fused-ring (bicyclic) bond motifs is 1. The molecular weight excluding hydrogens is 453 g/mol. The Kier molecular flexibility index (Phi) is 8.58. The first-order valence-corrected chi connectivity index (χ1v) is 13.2. The van der Waals surface area contributed by atoms with Gasteiger partial charge in [0.15, 0.2) is 0 Å². The maximum absolute atomic E-state index is 15.2. The molecule has 0 atom stereocenters. The third-order valence-corrected chi connectivity index (χ3v) is 7.95. The van der Waals surface area contributed by atoms with E-state index in [1.54, 1.807) is 12.1 Å². The average Bonchev–Trinajstić information content (AvgIpc) is 2.84. The molecule has 4 rings (SSSR count). The smallest absolute Gasteiger partial charge is 0.145 e. The lowest BCUT2D eigenvalue weighted by atomic mass is 9.77. The minimum Gasteiger partial charge on any atom is -0.206 e. The van der Waals surface area contributed by atoms with Gasteiger partial charge < -0.3 is 0 Å². The summed E-state index contributed by atoms with van der Waals surface area (Å²) < 4.78 is 43.0. The Morgan fingerprint density at radius 3 is 2.15 bits per heavy atom. The SMILES string of the molecule is CCCCCC[C@H]1CC[C@H](CCc2ccc3c(F)c(-c4cc(F)c(Cl)c(F)c4)ccc3c2)CC1. The second-order valence-electron chi connectivity index (χ2n) is 10.0. The fourth-order valence-corrected chi connectivity index (χ4v) is 5.58. The van der Waals surface area contributed by atoms with E-state index < -0.39 is 22.5 Å². The van der Waals surface area contributed by atoms with E-state index in [1.165, 1.54) is 69.8 Å². The highest BCUT2D eigenvalue weighted by atomic mass is 35.5. The van der Waals surface area contributed by atoms with Crippen molar-refractivity contribution in [3.63, 3.8) is 0 Å². The van der Waals surface area contributed by atoms with Gasteiger partial charge in [0.05, 0.1) is 0 Å². The fourth-order valence-electron chi connectivity index (χ4n) is 5.47. The minimum atomic E-state index is -0.892. The lowest BCUT2D eigenvalue weighted by Crippen LogP contribution is -2.15. The Morgan fingerprint density at radius 1 is 0.794 bits per heavy atom. The lowest BCUT2D eigenvalue weighted by Gasteiger charge is -2.28. The van der Waals surface area contributed by atoms with Gasteiger partial charge in [-0.1, -0.05) is 107 Å². The van der Waals surface area contributed by atoms with Crippen molar-refractivity contribution in [3.05, 3.63) is 70.5 Å². The van der Waals surface area contributed by atoms with E-state index in [2.05, 4.69) is 6.92 Å². The highest BCUT2D eigenvalue weighted by molar-refractivity contribution is 6.31. The van der Waals surface area contributed by atoms with Gasteiger partial charge in [-0.05, 0) is 53.3 Å². The molecule has 0 saturated heterocycles. The highest BCUT2D eigenvalue weighted by Gasteiger charge is 2.21. The Labute approximate surface area is 206 Å². The predicted molar refractivity (Wildman–Crippen MR) is 137 cm³/mol. The van der Waals surface area contributed by atoms with Crippen molar-refractivity contribution >= 4 is 22.4 Å². The quantitative estimate of drug-likeness (QED) is 0.208. The first-order valence-electron chi connectivity index (χ1n) is 12.8. The van der Waals surface area contributed by atoms with Crippen molar-refractivity contribution in [2.45, 2.75) is 77.6 Å². The van der Waals surface area contributed by atoms with E-state index >= 15 is 4.39 Å². The van der Waals surface area contributed by atoms with Crippen LogP contribution in [0.1, 0.15) is 76.7 Å². The molecule has 34 heavy (non-hydrogen) atoms. The Balaban J connectivity index is 1.37. The van der Waals surface area contributed by atoms with Crippen LogP contribution in [0, 0.1) is 29.3 Å². The number of benzene rings is 3. The zero-order chi connectivity index (χ0) is 24.1. The molecule has 0 aromatic heterocycles. The second kappa shape index (κ2) is 11.6. The van der Waals surface area contributed by atoms with Crippen LogP contribution in [-0.4, -0.2) is 0 Å².